The highest BCUT2D eigenvalue weighted by molar-refractivity contribution is 6.31. The van der Waals surface area contributed by atoms with E-state index >= 15 is 0 Å². The molecular weight excluding hydrogens is 377 g/mol. The molecule has 0 N–H and O–H groups in total. The summed E-state index contributed by atoms with van der Waals surface area (Å²) in [6.45, 7) is -0.407. The third kappa shape index (κ3) is 3.59. The summed E-state index contributed by atoms with van der Waals surface area (Å²) in [5, 5.41) is 0.911. The van der Waals surface area contributed by atoms with E-state index in [1.165, 1.54) is 38.5 Å². The maximum Gasteiger partial charge on any atom is 0.358 e. The van der Waals surface area contributed by atoms with Crippen molar-refractivity contribution in [3.05, 3.63) is 59.0 Å². The van der Waals surface area contributed by atoms with Crippen molar-refractivity contribution in [1.29, 1.82) is 0 Å². The van der Waals surface area contributed by atoms with Crippen LogP contribution in [0, 0.1) is 5.82 Å². The number of carbonyl (C=O) groups is 2. The number of rotatable bonds is 5. The maximum absolute atomic E-state index is 13.4. The Kier molecular flexibility index (Phi) is 5.32. The lowest BCUT2D eigenvalue weighted by molar-refractivity contribution is -0.142. The molecule has 3 rings (SSSR count). The summed E-state index contributed by atoms with van der Waals surface area (Å²) in [6.07, 6.45) is 0. The Hall–Kier alpha value is -3.06. The van der Waals surface area contributed by atoms with Crippen LogP contribution in [0.5, 0.6) is 5.75 Å². The highest BCUT2D eigenvalue weighted by atomic mass is 35.5. The Morgan fingerprint density at radius 3 is 2.41 bits per heavy atom. The van der Waals surface area contributed by atoms with Gasteiger partial charge in [0.1, 0.15) is 5.82 Å². The van der Waals surface area contributed by atoms with E-state index in [0.29, 0.717) is 21.6 Å². The van der Waals surface area contributed by atoms with E-state index in [0.717, 1.165) is 0 Å². The standard InChI is InChI=1S/C19H15ClFNO5/c1-25-16(23)10-27-18-14-9-11(20)3-8-15(14)22(17(18)19(24)26-2)13-6-4-12(21)5-7-13/h3-9H,10H2,1-2H3. The van der Waals surface area contributed by atoms with Crippen LogP contribution in [0.15, 0.2) is 42.5 Å². The van der Waals surface area contributed by atoms with Gasteiger partial charge in [-0.1, -0.05) is 11.6 Å². The van der Waals surface area contributed by atoms with Crippen molar-refractivity contribution in [2.24, 2.45) is 0 Å². The molecule has 0 bridgehead atoms. The highest BCUT2D eigenvalue weighted by Gasteiger charge is 2.27. The predicted octanol–water partition coefficient (Wildman–Crippen LogP) is 3.76. The quantitative estimate of drug-likeness (QED) is 0.619. The Morgan fingerprint density at radius 2 is 1.78 bits per heavy atom. The molecule has 0 aliphatic rings. The van der Waals surface area contributed by atoms with Gasteiger partial charge in [-0.3, -0.25) is 0 Å². The minimum absolute atomic E-state index is 0.0466. The second kappa shape index (κ2) is 7.67. The van der Waals surface area contributed by atoms with Gasteiger partial charge >= 0.3 is 11.9 Å². The molecule has 1 heterocycles. The topological polar surface area (TPSA) is 66.8 Å². The lowest BCUT2D eigenvalue weighted by Crippen LogP contribution is -2.16. The van der Waals surface area contributed by atoms with Gasteiger partial charge in [0.2, 0.25) is 0 Å². The lowest BCUT2D eigenvalue weighted by Gasteiger charge is -2.11. The van der Waals surface area contributed by atoms with Crippen LogP contribution < -0.4 is 4.74 Å². The Balaban J connectivity index is 2.30. The van der Waals surface area contributed by atoms with Crippen LogP contribution in [0.1, 0.15) is 10.5 Å². The van der Waals surface area contributed by atoms with Crippen molar-refractivity contribution in [3.8, 4) is 11.4 Å². The van der Waals surface area contributed by atoms with Crippen molar-refractivity contribution in [1.82, 2.24) is 4.57 Å². The molecule has 3 aromatic rings. The fourth-order valence-corrected chi connectivity index (χ4v) is 2.88. The zero-order valence-electron chi connectivity index (χ0n) is 14.5. The van der Waals surface area contributed by atoms with Crippen molar-refractivity contribution in [2.75, 3.05) is 20.8 Å². The highest BCUT2D eigenvalue weighted by Crippen LogP contribution is 2.37. The summed E-state index contributed by atoms with van der Waals surface area (Å²) in [5.41, 5.74) is 1.13. The van der Waals surface area contributed by atoms with Gasteiger partial charge in [-0.05, 0) is 42.5 Å². The van der Waals surface area contributed by atoms with Crippen LogP contribution in [0.2, 0.25) is 5.02 Å². The van der Waals surface area contributed by atoms with E-state index in [-0.39, 0.29) is 11.4 Å². The van der Waals surface area contributed by atoms with Gasteiger partial charge < -0.3 is 18.8 Å². The van der Waals surface area contributed by atoms with Crippen LogP contribution in [0.4, 0.5) is 4.39 Å². The number of benzene rings is 2. The third-order valence-corrected chi connectivity index (χ3v) is 4.14. The maximum atomic E-state index is 13.4. The molecule has 6 nitrogen and oxygen atoms in total. The van der Waals surface area contributed by atoms with Gasteiger partial charge in [-0.2, -0.15) is 0 Å². The van der Waals surface area contributed by atoms with Crippen molar-refractivity contribution >= 4 is 34.4 Å². The number of nitrogens with zero attached hydrogens (tertiary/aromatic N) is 1. The zero-order valence-corrected chi connectivity index (χ0v) is 15.2. The van der Waals surface area contributed by atoms with Crippen molar-refractivity contribution in [2.45, 2.75) is 0 Å². The number of ether oxygens (including phenoxy) is 3. The summed E-state index contributed by atoms with van der Waals surface area (Å²) < 4.78 is 30.0. The number of hydrogen-bond donors (Lipinski definition) is 0. The van der Waals surface area contributed by atoms with Gasteiger partial charge in [0, 0.05) is 16.1 Å². The molecule has 0 saturated heterocycles. The molecule has 0 atom stereocenters. The molecule has 0 spiro atoms. The first-order chi connectivity index (χ1) is 13.0. The SMILES string of the molecule is COC(=O)COc1c(C(=O)OC)n(-c2ccc(F)cc2)c2ccc(Cl)cc12. The third-order valence-electron chi connectivity index (χ3n) is 3.91. The smallest absolute Gasteiger partial charge is 0.358 e. The lowest BCUT2D eigenvalue weighted by atomic mass is 10.2. The molecule has 8 heteroatoms. The first-order valence-electron chi connectivity index (χ1n) is 7.84. The average molecular weight is 392 g/mol. The molecule has 2 aromatic carbocycles. The molecule has 0 amide bonds. The molecule has 27 heavy (non-hydrogen) atoms. The van der Waals surface area contributed by atoms with E-state index in [2.05, 4.69) is 4.74 Å². The monoisotopic (exact) mass is 391 g/mol. The first kappa shape index (κ1) is 18.7. The molecule has 0 unspecified atom stereocenters. The summed E-state index contributed by atoms with van der Waals surface area (Å²) in [4.78, 5) is 24.0. The molecular formula is C19H15ClFNO5. The molecule has 0 aliphatic carbocycles. The number of methoxy groups -OCH3 is 2. The first-order valence-corrected chi connectivity index (χ1v) is 8.22. The van der Waals surface area contributed by atoms with Gasteiger partial charge in [0.05, 0.1) is 19.7 Å². The zero-order chi connectivity index (χ0) is 19.6. The largest absolute Gasteiger partial charge is 0.479 e. The minimum Gasteiger partial charge on any atom is -0.479 e. The molecule has 140 valence electrons. The normalized spacial score (nSPS) is 10.7. The number of aromatic nitrogens is 1. The summed E-state index contributed by atoms with van der Waals surface area (Å²) >= 11 is 6.10. The molecule has 0 fully saturated rings. The second-order valence-electron chi connectivity index (χ2n) is 5.51. The number of carbonyl (C=O) groups excluding carboxylic acids is 2. The predicted molar refractivity (Wildman–Crippen MR) is 97.1 cm³/mol. The second-order valence-corrected chi connectivity index (χ2v) is 5.94. The van der Waals surface area contributed by atoms with Crippen LogP contribution >= 0.6 is 11.6 Å². The Morgan fingerprint density at radius 1 is 1.07 bits per heavy atom. The Bertz CT molecular complexity index is 1010. The minimum atomic E-state index is -0.688. The average Bonchev–Trinajstić information content (AvgIpc) is 2.99. The number of fused-ring (bicyclic) bond motifs is 1. The van der Waals surface area contributed by atoms with Gasteiger partial charge in [-0.15, -0.1) is 0 Å². The van der Waals surface area contributed by atoms with E-state index in [9.17, 15) is 14.0 Å². The van der Waals surface area contributed by atoms with E-state index in [4.69, 9.17) is 21.1 Å². The van der Waals surface area contributed by atoms with E-state index < -0.39 is 24.4 Å². The van der Waals surface area contributed by atoms with Gasteiger partial charge in [-0.25, -0.2) is 14.0 Å². The fraction of sp³-hybridized carbons (Fsp3) is 0.158. The van der Waals surface area contributed by atoms with Crippen LogP contribution in [0.25, 0.3) is 16.6 Å². The summed E-state index contributed by atoms with van der Waals surface area (Å²) in [5.74, 6) is -1.60. The van der Waals surface area contributed by atoms with Crippen LogP contribution in [-0.4, -0.2) is 37.3 Å². The van der Waals surface area contributed by atoms with E-state index in [1.807, 2.05) is 0 Å². The molecule has 0 radical (unpaired) electrons. The molecule has 0 aliphatic heterocycles. The van der Waals surface area contributed by atoms with Gasteiger partial charge in [0.15, 0.2) is 18.1 Å². The van der Waals surface area contributed by atoms with E-state index in [1.54, 1.807) is 22.8 Å². The number of halogens is 2. The van der Waals surface area contributed by atoms with Gasteiger partial charge in [0.25, 0.3) is 0 Å². The van der Waals surface area contributed by atoms with Crippen molar-refractivity contribution < 1.29 is 28.2 Å². The van der Waals surface area contributed by atoms with Crippen molar-refractivity contribution in [3.63, 3.8) is 0 Å². The summed E-state index contributed by atoms with van der Waals surface area (Å²) in [7, 11) is 2.46. The molecule has 0 saturated carbocycles. The fourth-order valence-electron chi connectivity index (χ4n) is 2.71. The summed E-state index contributed by atoms with van der Waals surface area (Å²) in [6, 6.07) is 10.5. The number of esters is 2. The van der Waals surface area contributed by atoms with Crippen LogP contribution in [-0.2, 0) is 14.3 Å². The number of hydrogen-bond acceptors (Lipinski definition) is 5. The van der Waals surface area contributed by atoms with Crippen LogP contribution in [0.3, 0.4) is 0 Å². The molecule has 1 aromatic heterocycles. The Labute approximate surface area is 159 Å².